The molecule has 0 bridgehead atoms. The molecule has 1 atom stereocenters. The van der Waals surface area contributed by atoms with Crippen molar-refractivity contribution in [1.29, 1.82) is 0 Å². The largest absolute Gasteiger partial charge is 0.394 e. The molecule has 1 aliphatic heterocycles. The third kappa shape index (κ3) is 3.26. The lowest BCUT2D eigenvalue weighted by Gasteiger charge is -2.33. The molecule has 1 aromatic carbocycles. The molecule has 1 aliphatic rings. The molecular weight excluding hydrogens is 268 g/mol. The third-order valence-electron chi connectivity index (χ3n) is 3.64. The molecule has 21 heavy (non-hydrogen) atoms. The van der Waals surface area contributed by atoms with Gasteiger partial charge in [-0.3, -0.25) is 4.90 Å². The van der Waals surface area contributed by atoms with Gasteiger partial charge in [-0.25, -0.2) is 0 Å². The van der Waals surface area contributed by atoms with Gasteiger partial charge in [0.2, 0.25) is 0 Å². The fourth-order valence-electron chi connectivity index (χ4n) is 2.65. The molecule has 0 aliphatic carbocycles. The average Bonchev–Trinajstić information content (AvgIpc) is 2.98. The fraction of sp³-hybridized carbons (Fsp3) is 0.500. The molecule has 7 heteroatoms. The SMILES string of the molecule is OCCn1nnc(C(c2ccccc2)N2CCNCC2)n1. The Bertz CT molecular complexity index is 552. The van der Waals surface area contributed by atoms with Gasteiger partial charge in [0.05, 0.1) is 19.2 Å². The van der Waals surface area contributed by atoms with E-state index in [1.165, 1.54) is 10.4 Å². The van der Waals surface area contributed by atoms with Crippen molar-refractivity contribution in [2.45, 2.75) is 12.6 Å². The maximum Gasteiger partial charge on any atom is 0.196 e. The summed E-state index contributed by atoms with van der Waals surface area (Å²) >= 11 is 0. The Kier molecular flexibility index (Phi) is 4.54. The van der Waals surface area contributed by atoms with Crippen molar-refractivity contribution >= 4 is 0 Å². The summed E-state index contributed by atoms with van der Waals surface area (Å²) < 4.78 is 0. The minimum Gasteiger partial charge on any atom is -0.394 e. The van der Waals surface area contributed by atoms with Gasteiger partial charge in [0.15, 0.2) is 5.82 Å². The summed E-state index contributed by atoms with van der Waals surface area (Å²) in [5, 5.41) is 25.0. The molecule has 0 amide bonds. The number of aliphatic hydroxyl groups is 1. The van der Waals surface area contributed by atoms with E-state index in [2.05, 4.69) is 37.8 Å². The number of hydrogen-bond donors (Lipinski definition) is 2. The molecule has 0 saturated carbocycles. The molecule has 3 rings (SSSR count). The Hall–Kier alpha value is -1.83. The van der Waals surface area contributed by atoms with Crippen molar-refractivity contribution in [3.05, 3.63) is 41.7 Å². The van der Waals surface area contributed by atoms with Crippen molar-refractivity contribution in [3.8, 4) is 0 Å². The molecule has 1 fully saturated rings. The molecule has 2 N–H and O–H groups in total. The van der Waals surface area contributed by atoms with E-state index >= 15 is 0 Å². The van der Waals surface area contributed by atoms with Crippen LogP contribution in [0.4, 0.5) is 0 Å². The maximum atomic E-state index is 8.99. The minimum atomic E-state index is 0.0133. The minimum absolute atomic E-state index is 0.0133. The first kappa shape index (κ1) is 14.1. The monoisotopic (exact) mass is 288 g/mol. The Balaban J connectivity index is 1.90. The van der Waals surface area contributed by atoms with E-state index in [0.29, 0.717) is 12.4 Å². The van der Waals surface area contributed by atoms with Crippen molar-refractivity contribution < 1.29 is 5.11 Å². The topological polar surface area (TPSA) is 79.1 Å². The lowest BCUT2D eigenvalue weighted by molar-refractivity contribution is 0.191. The van der Waals surface area contributed by atoms with E-state index < -0.39 is 0 Å². The summed E-state index contributed by atoms with van der Waals surface area (Å²) in [5.74, 6) is 0.691. The van der Waals surface area contributed by atoms with Gasteiger partial charge in [-0.15, -0.1) is 10.2 Å². The highest BCUT2D eigenvalue weighted by atomic mass is 16.3. The van der Waals surface area contributed by atoms with E-state index in [1.54, 1.807) is 0 Å². The molecule has 112 valence electrons. The zero-order valence-corrected chi connectivity index (χ0v) is 11.9. The zero-order chi connectivity index (χ0) is 14.5. The summed E-state index contributed by atoms with van der Waals surface area (Å²) in [6.45, 7) is 4.22. The number of tetrazole rings is 1. The van der Waals surface area contributed by atoms with Crippen LogP contribution in [0.3, 0.4) is 0 Å². The van der Waals surface area contributed by atoms with Crippen molar-refractivity contribution in [2.75, 3.05) is 32.8 Å². The lowest BCUT2D eigenvalue weighted by atomic mass is 10.0. The molecule has 2 aromatic rings. The predicted octanol–water partition coefficient (Wildman–Crippen LogP) is -0.340. The van der Waals surface area contributed by atoms with Gasteiger partial charge in [0, 0.05) is 26.2 Å². The zero-order valence-electron chi connectivity index (χ0n) is 11.9. The van der Waals surface area contributed by atoms with Gasteiger partial charge in [-0.1, -0.05) is 30.3 Å². The van der Waals surface area contributed by atoms with Crippen molar-refractivity contribution in [3.63, 3.8) is 0 Å². The predicted molar refractivity (Wildman–Crippen MR) is 77.6 cm³/mol. The number of nitrogens with one attached hydrogen (secondary N) is 1. The average molecular weight is 288 g/mol. The lowest BCUT2D eigenvalue weighted by Crippen LogP contribution is -2.45. The fourth-order valence-corrected chi connectivity index (χ4v) is 2.65. The highest BCUT2D eigenvalue weighted by molar-refractivity contribution is 5.24. The van der Waals surface area contributed by atoms with Gasteiger partial charge >= 0.3 is 0 Å². The van der Waals surface area contributed by atoms with E-state index in [1.807, 2.05) is 18.2 Å². The number of piperazine rings is 1. The molecule has 0 radical (unpaired) electrons. The van der Waals surface area contributed by atoms with Gasteiger partial charge in [-0.05, 0) is 10.8 Å². The van der Waals surface area contributed by atoms with E-state index in [9.17, 15) is 0 Å². The van der Waals surface area contributed by atoms with Crippen LogP contribution in [0.15, 0.2) is 30.3 Å². The summed E-state index contributed by atoms with van der Waals surface area (Å²) in [5.41, 5.74) is 1.17. The quantitative estimate of drug-likeness (QED) is 0.783. The standard InChI is InChI=1S/C14H20N6O/c21-11-10-20-17-14(16-18-20)13(12-4-2-1-3-5-12)19-8-6-15-7-9-19/h1-5,13,15,21H,6-11H2. The summed E-state index contributed by atoms with van der Waals surface area (Å²) in [6, 6.07) is 10.3. The van der Waals surface area contributed by atoms with Crippen molar-refractivity contribution in [2.24, 2.45) is 0 Å². The second kappa shape index (κ2) is 6.75. The Morgan fingerprint density at radius 3 is 2.67 bits per heavy atom. The van der Waals surface area contributed by atoms with Gasteiger partial charge < -0.3 is 10.4 Å². The van der Waals surface area contributed by atoms with Crippen LogP contribution in [0.2, 0.25) is 0 Å². The third-order valence-corrected chi connectivity index (χ3v) is 3.64. The number of nitrogens with zero attached hydrogens (tertiary/aromatic N) is 5. The summed E-state index contributed by atoms with van der Waals surface area (Å²) in [7, 11) is 0. The molecule has 7 nitrogen and oxygen atoms in total. The van der Waals surface area contributed by atoms with Crippen LogP contribution < -0.4 is 5.32 Å². The Morgan fingerprint density at radius 1 is 1.19 bits per heavy atom. The second-order valence-corrected chi connectivity index (χ2v) is 5.07. The van der Waals surface area contributed by atoms with Crippen LogP contribution in [0.5, 0.6) is 0 Å². The number of hydrogen-bond acceptors (Lipinski definition) is 6. The first-order valence-corrected chi connectivity index (χ1v) is 7.27. The molecule has 1 aromatic heterocycles. The molecule has 2 heterocycles. The van der Waals surface area contributed by atoms with Gasteiger partial charge in [0.1, 0.15) is 0 Å². The number of aromatic nitrogens is 4. The highest BCUT2D eigenvalue weighted by Crippen LogP contribution is 2.25. The molecule has 0 spiro atoms. The van der Waals surface area contributed by atoms with Crippen LogP contribution in [0.25, 0.3) is 0 Å². The van der Waals surface area contributed by atoms with Crippen molar-refractivity contribution in [1.82, 2.24) is 30.4 Å². The summed E-state index contributed by atoms with van der Waals surface area (Å²) in [4.78, 5) is 3.82. The van der Waals surface area contributed by atoms with Crippen LogP contribution in [0, 0.1) is 0 Å². The van der Waals surface area contributed by atoms with Gasteiger partial charge in [0.25, 0.3) is 0 Å². The number of rotatable bonds is 5. The highest BCUT2D eigenvalue weighted by Gasteiger charge is 2.27. The maximum absolute atomic E-state index is 8.99. The smallest absolute Gasteiger partial charge is 0.196 e. The normalized spacial score (nSPS) is 17.8. The van der Waals surface area contributed by atoms with Gasteiger partial charge in [-0.2, -0.15) is 4.80 Å². The number of benzene rings is 1. The number of aliphatic hydroxyl groups excluding tert-OH is 1. The van der Waals surface area contributed by atoms with E-state index in [-0.39, 0.29) is 12.6 Å². The van der Waals surface area contributed by atoms with Crippen LogP contribution in [0.1, 0.15) is 17.4 Å². The first-order valence-electron chi connectivity index (χ1n) is 7.27. The van der Waals surface area contributed by atoms with E-state index in [0.717, 1.165) is 26.2 Å². The van der Waals surface area contributed by atoms with Crippen LogP contribution in [-0.2, 0) is 6.54 Å². The molecular formula is C14H20N6O. The van der Waals surface area contributed by atoms with Crippen LogP contribution >= 0.6 is 0 Å². The second-order valence-electron chi connectivity index (χ2n) is 5.07. The Labute approximate surface area is 123 Å². The molecule has 1 unspecified atom stereocenters. The van der Waals surface area contributed by atoms with E-state index in [4.69, 9.17) is 5.11 Å². The Morgan fingerprint density at radius 2 is 1.95 bits per heavy atom. The molecule has 1 saturated heterocycles. The van der Waals surface area contributed by atoms with Crippen LogP contribution in [-0.4, -0.2) is 63.0 Å². The summed E-state index contributed by atoms with van der Waals surface area (Å²) in [6.07, 6.45) is 0. The first-order chi connectivity index (χ1) is 10.4.